The first kappa shape index (κ1) is 17.0. The lowest BCUT2D eigenvalue weighted by Crippen LogP contribution is -2.28. The first-order valence-corrected chi connectivity index (χ1v) is 9.23. The van der Waals surface area contributed by atoms with Gasteiger partial charge in [0.2, 0.25) is 5.91 Å². The molecule has 0 unspecified atom stereocenters. The maximum atomic E-state index is 12.4. The Labute approximate surface area is 156 Å². The van der Waals surface area contributed by atoms with Gasteiger partial charge in [0.1, 0.15) is 0 Å². The zero-order valence-corrected chi connectivity index (χ0v) is 15.5. The van der Waals surface area contributed by atoms with E-state index in [1.165, 1.54) is 4.90 Å². The summed E-state index contributed by atoms with van der Waals surface area (Å²) in [6, 6.07) is 14.5. The molecule has 0 saturated carbocycles. The minimum Gasteiger partial charge on any atom is -0.321 e. The van der Waals surface area contributed by atoms with Crippen molar-refractivity contribution in [2.75, 3.05) is 11.1 Å². The Kier molecular flexibility index (Phi) is 5.20. The Morgan fingerprint density at radius 3 is 2.67 bits per heavy atom. The molecule has 1 N–H and O–H groups in total. The highest BCUT2D eigenvalue weighted by Gasteiger charge is 2.29. The van der Waals surface area contributed by atoms with Gasteiger partial charge >= 0.3 is 0 Å². The standard InChI is InChI=1S/C17H13IN2O3S/c18-13-6-1-2-7-14(13)19-16(22)12-5-3-4-11(8-12)9-20-15(21)10-24-17(20)23/h1-8H,9-10H2,(H,19,22). The molecule has 2 aromatic rings. The number of carbonyl (C=O) groups excluding carboxylic acids is 3. The minimum atomic E-state index is -0.242. The predicted octanol–water partition coefficient (Wildman–Crippen LogP) is 3.74. The predicted molar refractivity (Wildman–Crippen MR) is 102 cm³/mol. The van der Waals surface area contributed by atoms with Gasteiger partial charge in [0, 0.05) is 9.13 Å². The normalized spacial score (nSPS) is 14.1. The molecule has 1 fully saturated rings. The number of para-hydroxylation sites is 1. The smallest absolute Gasteiger partial charge is 0.289 e. The summed E-state index contributed by atoms with van der Waals surface area (Å²) in [6.07, 6.45) is 0. The molecule has 0 bridgehead atoms. The summed E-state index contributed by atoms with van der Waals surface area (Å²) >= 11 is 3.16. The second-order valence-electron chi connectivity index (χ2n) is 5.17. The van der Waals surface area contributed by atoms with E-state index in [0.717, 1.165) is 26.6 Å². The van der Waals surface area contributed by atoms with Crippen LogP contribution in [0.4, 0.5) is 10.5 Å². The van der Waals surface area contributed by atoms with E-state index in [1.807, 2.05) is 24.3 Å². The second-order valence-corrected chi connectivity index (χ2v) is 7.26. The van der Waals surface area contributed by atoms with E-state index in [2.05, 4.69) is 27.9 Å². The summed E-state index contributed by atoms with van der Waals surface area (Å²) in [5.74, 6) is -0.237. The molecule has 3 rings (SSSR count). The van der Waals surface area contributed by atoms with Crippen molar-refractivity contribution in [1.82, 2.24) is 4.90 Å². The molecule has 1 saturated heterocycles. The zero-order valence-electron chi connectivity index (χ0n) is 12.5. The monoisotopic (exact) mass is 452 g/mol. The lowest BCUT2D eigenvalue weighted by molar-refractivity contribution is -0.125. The van der Waals surface area contributed by atoms with Crippen molar-refractivity contribution in [3.8, 4) is 0 Å². The largest absolute Gasteiger partial charge is 0.321 e. The van der Waals surface area contributed by atoms with Crippen LogP contribution in [0.15, 0.2) is 48.5 Å². The fourth-order valence-electron chi connectivity index (χ4n) is 2.28. The van der Waals surface area contributed by atoms with Crippen molar-refractivity contribution in [3.05, 3.63) is 63.2 Å². The van der Waals surface area contributed by atoms with Gasteiger partial charge in [0.25, 0.3) is 11.1 Å². The van der Waals surface area contributed by atoms with Gasteiger partial charge in [-0.25, -0.2) is 0 Å². The molecule has 2 aromatic carbocycles. The number of amides is 3. The van der Waals surface area contributed by atoms with Crippen LogP contribution in [0, 0.1) is 3.57 Å². The van der Waals surface area contributed by atoms with E-state index in [0.29, 0.717) is 5.56 Å². The highest BCUT2D eigenvalue weighted by atomic mass is 127. The molecule has 0 atom stereocenters. The van der Waals surface area contributed by atoms with Crippen LogP contribution < -0.4 is 5.32 Å². The van der Waals surface area contributed by atoms with E-state index in [-0.39, 0.29) is 29.4 Å². The number of rotatable bonds is 4. The molecule has 0 aromatic heterocycles. The van der Waals surface area contributed by atoms with Crippen LogP contribution in [0.1, 0.15) is 15.9 Å². The number of thioether (sulfide) groups is 1. The van der Waals surface area contributed by atoms with E-state index in [4.69, 9.17) is 0 Å². The third kappa shape index (κ3) is 3.78. The molecule has 1 heterocycles. The Morgan fingerprint density at radius 1 is 1.17 bits per heavy atom. The van der Waals surface area contributed by atoms with E-state index in [1.54, 1.807) is 24.3 Å². The average Bonchev–Trinajstić information content (AvgIpc) is 2.89. The third-order valence-corrected chi connectivity index (χ3v) is 5.29. The number of anilines is 1. The summed E-state index contributed by atoms with van der Waals surface area (Å²) in [5, 5.41) is 2.62. The van der Waals surface area contributed by atoms with Gasteiger partial charge in [-0.3, -0.25) is 19.3 Å². The number of nitrogens with zero attached hydrogens (tertiary/aromatic N) is 1. The van der Waals surface area contributed by atoms with Crippen molar-refractivity contribution in [2.24, 2.45) is 0 Å². The summed E-state index contributed by atoms with van der Waals surface area (Å²) in [6.45, 7) is 0.189. The Balaban J connectivity index is 1.75. The van der Waals surface area contributed by atoms with Gasteiger partial charge < -0.3 is 5.32 Å². The van der Waals surface area contributed by atoms with Crippen LogP contribution in [-0.2, 0) is 11.3 Å². The van der Waals surface area contributed by atoms with Gasteiger partial charge in [-0.2, -0.15) is 0 Å². The zero-order chi connectivity index (χ0) is 17.1. The second kappa shape index (κ2) is 7.35. The van der Waals surface area contributed by atoms with Crippen LogP contribution in [0.25, 0.3) is 0 Å². The first-order valence-electron chi connectivity index (χ1n) is 7.16. The van der Waals surface area contributed by atoms with Gasteiger partial charge in [-0.1, -0.05) is 36.0 Å². The summed E-state index contributed by atoms with van der Waals surface area (Å²) in [7, 11) is 0. The molecule has 0 radical (unpaired) electrons. The SMILES string of the molecule is O=C(Nc1ccccc1I)c1cccc(CN2C(=O)CSC2=O)c1. The van der Waals surface area contributed by atoms with Crippen molar-refractivity contribution >= 4 is 57.1 Å². The summed E-state index contributed by atoms with van der Waals surface area (Å²) < 4.78 is 0.949. The maximum absolute atomic E-state index is 12.4. The number of imide groups is 1. The van der Waals surface area contributed by atoms with Crippen molar-refractivity contribution in [3.63, 3.8) is 0 Å². The van der Waals surface area contributed by atoms with Crippen LogP contribution in [-0.4, -0.2) is 27.7 Å². The van der Waals surface area contributed by atoms with E-state index >= 15 is 0 Å². The summed E-state index contributed by atoms with van der Waals surface area (Å²) in [4.78, 5) is 37.0. The topological polar surface area (TPSA) is 66.5 Å². The van der Waals surface area contributed by atoms with E-state index in [9.17, 15) is 14.4 Å². The third-order valence-electron chi connectivity index (χ3n) is 3.49. The average molecular weight is 452 g/mol. The van der Waals surface area contributed by atoms with E-state index < -0.39 is 0 Å². The Bertz CT molecular complexity index is 809. The fourth-order valence-corrected chi connectivity index (χ4v) is 3.53. The quantitative estimate of drug-likeness (QED) is 0.719. The molecule has 122 valence electrons. The molecule has 0 aliphatic carbocycles. The number of hydrogen-bond acceptors (Lipinski definition) is 4. The van der Waals surface area contributed by atoms with Crippen molar-refractivity contribution in [2.45, 2.75) is 6.54 Å². The summed E-state index contributed by atoms with van der Waals surface area (Å²) in [5.41, 5.74) is 1.98. The van der Waals surface area contributed by atoms with Gasteiger partial charge in [0.15, 0.2) is 0 Å². The molecule has 1 aliphatic rings. The van der Waals surface area contributed by atoms with Crippen molar-refractivity contribution < 1.29 is 14.4 Å². The lowest BCUT2D eigenvalue weighted by Gasteiger charge is -2.13. The van der Waals surface area contributed by atoms with Gasteiger partial charge in [0.05, 0.1) is 18.0 Å². The number of carbonyl (C=O) groups is 3. The molecule has 24 heavy (non-hydrogen) atoms. The van der Waals surface area contributed by atoms with Crippen LogP contribution in [0.5, 0.6) is 0 Å². The van der Waals surface area contributed by atoms with Crippen molar-refractivity contribution in [1.29, 1.82) is 0 Å². The fraction of sp³-hybridized carbons (Fsp3) is 0.118. The Morgan fingerprint density at radius 2 is 1.96 bits per heavy atom. The molecule has 3 amide bonds. The molecular formula is C17H13IN2O3S. The molecule has 5 nitrogen and oxygen atoms in total. The van der Waals surface area contributed by atoms with Crippen LogP contribution in [0.2, 0.25) is 0 Å². The number of halogens is 1. The molecule has 7 heteroatoms. The van der Waals surface area contributed by atoms with Gasteiger partial charge in [-0.15, -0.1) is 0 Å². The highest BCUT2D eigenvalue weighted by molar-refractivity contribution is 14.1. The molecular weight excluding hydrogens is 439 g/mol. The maximum Gasteiger partial charge on any atom is 0.289 e. The highest BCUT2D eigenvalue weighted by Crippen LogP contribution is 2.22. The van der Waals surface area contributed by atoms with Crippen LogP contribution in [0.3, 0.4) is 0 Å². The van der Waals surface area contributed by atoms with Gasteiger partial charge in [-0.05, 0) is 52.4 Å². The molecule has 0 spiro atoms. The Hall–Kier alpha value is -1.87. The first-order chi connectivity index (χ1) is 11.5. The lowest BCUT2D eigenvalue weighted by atomic mass is 10.1. The minimum absolute atomic E-state index is 0.186. The number of benzene rings is 2. The molecule has 1 aliphatic heterocycles. The van der Waals surface area contributed by atoms with Crippen LogP contribution >= 0.6 is 34.4 Å². The number of nitrogens with one attached hydrogen (secondary N) is 1. The number of hydrogen-bond donors (Lipinski definition) is 1.